The highest BCUT2D eigenvalue weighted by Gasteiger charge is 2.11. The molecule has 0 saturated heterocycles. The highest BCUT2D eigenvalue weighted by Crippen LogP contribution is 2.23. The molecule has 0 spiro atoms. The smallest absolute Gasteiger partial charge is 0.255 e. The third-order valence-electron chi connectivity index (χ3n) is 3.57. The number of rotatable bonds is 6. The summed E-state index contributed by atoms with van der Waals surface area (Å²) in [5.41, 5.74) is 2.69. The van der Waals surface area contributed by atoms with E-state index in [-0.39, 0.29) is 11.8 Å². The van der Waals surface area contributed by atoms with Crippen LogP contribution in [-0.2, 0) is 0 Å². The van der Waals surface area contributed by atoms with Crippen molar-refractivity contribution in [1.29, 1.82) is 0 Å². The number of carbonyl (C=O) groups is 2. The zero-order valence-electron chi connectivity index (χ0n) is 15.1. The van der Waals surface area contributed by atoms with Gasteiger partial charge in [0.05, 0.1) is 0 Å². The number of hydrogen-bond donors (Lipinski definition) is 2. The first-order chi connectivity index (χ1) is 11.9. The minimum atomic E-state index is -0.183. The zero-order chi connectivity index (χ0) is 18.4. The van der Waals surface area contributed by atoms with E-state index in [9.17, 15) is 9.59 Å². The first kappa shape index (κ1) is 19.1. The van der Waals surface area contributed by atoms with Crippen molar-refractivity contribution in [3.63, 3.8) is 0 Å². The highest BCUT2D eigenvalue weighted by molar-refractivity contribution is 7.99. The molecule has 2 amide bonds. The summed E-state index contributed by atoms with van der Waals surface area (Å²) in [5.74, 6) is -0.328. The van der Waals surface area contributed by atoms with Gasteiger partial charge in [-0.15, -0.1) is 11.8 Å². The van der Waals surface area contributed by atoms with E-state index in [0.717, 1.165) is 10.5 Å². The molecule has 4 nitrogen and oxygen atoms in total. The fourth-order valence-electron chi connectivity index (χ4n) is 2.31. The van der Waals surface area contributed by atoms with Crippen LogP contribution >= 0.6 is 11.8 Å². The Balaban J connectivity index is 2.14. The van der Waals surface area contributed by atoms with Crippen LogP contribution in [-0.4, -0.2) is 23.6 Å². The summed E-state index contributed by atoms with van der Waals surface area (Å²) >= 11 is 1.76. The molecule has 2 aromatic rings. The largest absolute Gasteiger partial charge is 0.352 e. The maximum absolute atomic E-state index is 12.5. The molecule has 5 heteroatoms. The van der Waals surface area contributed by atoms with Crippen LogP contribution < -0.4 is 10.6 Å². The number of amides is 2. The van der Waals surface area contributed by atoms with Crippen LogP contribution in [0.3, 0.4) is 0 Å². The molecule has 2 rings (SSSR count). The predicted molar refractivity (Wildman–Crippen MR) is 105 cm³/mol. The molecule has 0 fully saturated rings. The van der Waals surface area contributed by atoms with Crippen molar-refractivity contribution in [3.05, 3.63) is 59.2 Å². The van der Waals surface area contributed by atoms with E-state index in [1.165, 1.54) is 0 Å². The molecule has 0 aliphatic heterocycles. The lowest BCUT2D eigenvalue weighted by atomic mass is 10.1. The molecule has 0 atom stereocenters. The van der Waals surface area contributed by atoms with Crippen LogP contribution in [0.2, 0.25) is 0 Å². The van der Waals surface area contributed by atoms with E-state index < -0.39 is 0 Å². The van der Waals surface area contributed by atoms with E-state index in [1.807, 2.05) is 44.2 Å². The van der Waals surface area contributed by atoms with Crippen LogP contribution in [0.4, 0.5) is 5.69 Å². The lowest BCUT2D eigenvalue weighted by Gasteiger charge is -2.11. The molecule has 0 radical (unpaired) electrons. The summed E-state index contributed by atoms with van der Waals surface area (Å²) in [6, 6.07) is 12.9. The number of aryl methyl sites for hydroxylation is 1. The van der Waals surface area contributed by atoms with Crippen LogP contribution in [0.15, 0.2) is 47.4 Å². The standard InChI is InChI=1S/C20H24N2O2S/c1-5-21-19(23)16-7-6-14(4)18(12-16)22-20(24)15-8-10-17(11-9-15)25-13(2)3/h6-13H,5H2,1-4H3,(H,21,23)(H,22,24). The number of nitrogens with one attached hydrogen (secondary N) is 2. The Labute approximate surface area is 153 Å². The SMILES string of the molecule is CCNC(=O)c1ccc(C)c(NC(=O)c2ccc(SC(C)C)cc2)c1. The Morgan fingerprint density at radius 2 is 1.64 bits per heavy atom. The van der Waals surface area contributed by atoms with Gasteiger partial charge in [0, 0.05) is 33.5 Å². The maximum atomic E-state index is 12.5. The van der Waals surface area contributed by atoms with E-state index >= 15 is 0 Å². The molecule has 2 N–H and O–H groups in total. The predicted octanol–water partition coefficient (Wildman–Crippen LogP) is 4.50. The monoisotopic (exact) mass is 356 g/mol. The van der Waals surface area contributed by atoms with Crippen LogP contribution in [0.25, 0.3) is 0 Å². The Morgan fingerprint density at radius 3 is 2.24 bits per heavy atom. The second-order valence-corrected chi connectivity index (χ2v) is 7.68. The van der Waals surface area contributed by atoms with Gasteiger partial charge in [-0.25, -0.2) is 0 Å². The van der Waals surface area contributed by atoms with Crippen molar-refractivity contribution in [2.45, 2.75) is 37.8 Å². The topological polar surface area (TPSA) is 58.2 Å². The molecule has 0 heterocycles. The van der Waals surface area contributed by atoms with Crippen LogP contribution in [0, 0.1) is 6.92 Å². The Hall–Kier alpha value is -2.27. The van der Waals surface area contributed by atoms with Crippen molar-refractivity contribution in [1.82, 2.24) is 5.32 Å². The van der Waals surface area contributed by atoms with Gasteiger partial charge in [-0.1, -0.05) is 19.9 Å². The third kappa shape index (κ3) is 5.36. The van der Waals surface area contributed by atoms with Crippen LogP contribution in [0.5, 0.6) is 0 Å². The quantitative estimate of drug-likeness (QED) is 0.749. The maximum Gasteiger partial charge on any atom is 0.255 e. The molecular formula is C20H24N2O2S. The normalized spacial score (nSPS) is 10.6. The summed E-state index contributed by atoms with van der Waals surface area (Å²) in [4.78, 5) is 25.6. The summed E-state index contributed by atoms with van der Waals surface area (Å²) in [7, 11) is 0. The Kier molecular flexibility index (Phi) is 6.65. The Bertz CT molecular complexity index is 755. The number of benzene rings is 2. The van der Waals surface area contributed by atoms with Gasteiger partial charge in [0.15, 0.2) is 0 Å². The summed E-state index contributed by atoms with van der Waals surface area (Å²) in [6.45, 7) is 8.61. The van der Waals surface area contributed by atoms with Gasteiger partial charge in [0.25, 0.3) is 11.8 Å². The molecule has 2 aromatic carbocycles. The lowest BCUT2D eigenvalue weighted by Crippen LogP contribution is -2.23. The fraction of sp³-hybridized carbons (Fsp3) is 0.300. The molecule has 0 unspecified atom stereocenters. The lowest BCUT2D eigenvalue weighted by molar-refractivity contribution is 0.0954. The van der Waals surface area contributed by atoms with Crippen molar-refractivity contribution in [3.8, 4) is 0 Å². The summed E-state index contributed by atoms with van der Waals surface area (Å²) in [5, 5.41) is 6.16. The second-order valence-electron chi connectivity index (χ2n) is 6.03. The van der Waals surface area contributed by atoms with Gasteiger partial charge in [0.2, 0.25) is 0 Å². The molecular weight excluding hydrogens is 332 g/mol. The average molecular weight is 356 g/mol. The van der Waals surface area contributed by atoms with Gasteiger partial charge >= 0.3 is 0 Å². The zero-order valence-corrected chi connectivity index (χ0v) is 15.9. The van der Waals surface area contributed by atoms with Crippen molar-refractivity contribution >= 4 is 29.3 Å². The number of anilines is 1. The molecule has 0 aliphatic carbocycles. The number of carbonyl (C=O) groups excluding carboxylic acids is 2. The molecule has 132 valence electrons. The Morgan fingerprint density at radius 1 is 1.00 bits per heavy atom. The van der Waals surface area contributed by atoms with E-state index in [1.54, 1.807) is 23.9 Å². The van der Waals surface area contributed by atoms with Crippen LogP contribution in [0.1, 0.15) is 47.1 Å². The third-order valence-corrected chi connectivity index (χ3v) is 4.59. The minimum absolute atomic E-state index is 0.145. The first-order valence-electron chi connectivity index (χ1n) is 8.37. The number of thioether (sulfide) groups is 1. The van der Waals surface area contributed by atoms with E-state index in [0.29, 0.717) is 28.6 Å². The number of hydrogen-bond acceptors (Lipinski definition) is 3. The molecule has 0 saturated carbocycles. The van der Waals surface area contributed by atoms with Crippen molar-refractivity contribution in [2.75, 3.05) is 11.9 Å². The molecule has 25 heavy (non-hydrogen) atoms. The first-order valence-corrected chi connectivity index (χ1v) is 9.25. The van der Waals surface area contributed by atoms with Gasteiger partial charge in [-0.3, -0.25) is 9.59 Å². The average Bonchev–Trinajstić information content (AvgIpc) is 2.57. The summed E-state index contributed by atoms with van der Waals surface area (Å²) in [6.07, 6.45) is 0. The molecule has 0 aliphatic rings. The summed E-state index contributed by atoms with van der Waals surface area (Å²) < 4.78 is 0. The minimum Gasteiger partial charge on any atom is -0.352 e. The van der Waals surface area contributed by atoms with Gasteiger partial charge < -0.3 is 10.6 Å². The van der Waals surface area contributed by atoms with Crippen molar-refractivity contribution in [2.24, 2.45) is 0 Å². The van der Waals surface area contributed by atoms with Gasteiger partial charge in [0.1, 0.15) is 0 Å². The fourth-order valence-corrected chi connectivity index (χ4v) is 3.15. The van der Waals surface area contributed by atoms with Crippen molar-refractivity contribution < 1.29 is 9.59 Å². The van der Waals surface area contributed by atoms with E-state index in [4.69, 9.17) is 0 Å². The van der Waals surface area contributed by atoms with Gasteiger partial charge in [-0.2, -0.15) is 0 Å². The molecule has 0 bridgehead atoms. The molecule has 0 aromatic heterocycles. The van der Waals surface area contributed by atoms with E-state index in [2.05, 4.69) is 24.5 Å². The second kappa shape index (κ2) is 8.72. The van der Waals surface area contributed by atoms with Gasteiger partial charge in [-0.05, 0) is 55.8 Å². The highest BCUT2D eigenvalue weighted by atomic mass is 32.2.